The van der Waals surface area contributed by atoms with Gasteiger partial charge in [-0.2, -0.15) is 0 Å². The maximum absolute atomic E-state index is 10.9. The van der Waals surface area contributed by atoms with Gasteiger partial charge in [-0.1, -0.05) is 72.8 Å². The van der Waals surface area contributed by atoms with Crippen LogP contribution in [0.15, 0.2) is 72.8 Å². The Kier molecular flexibility index (Phi) is 9.40. The summed E-state index contributed by atoms with van der Waals surface area (Å²) in [5, 5.41) is 19.2. The van der Waals surface area contributed by atoms with Crippen LogP contribution in [0.4, 0.5) is 0 Å². The van der Waals surface area contributed by atoms with Gasteiger partial charge in [0.1, 0.15) is 18.2 Å². The molecule has 0 aliphatic carbocycles. The van der Waals surface area contributed by atoms with Crippen molar-refractivity contribution < 1.29 is 29.2 Å². The molecule has 0 saturated heterocycles. The molecule has 32 heavy (non-hydrogen) atoms. The van der Waals surface area contributed by atoms with Crippen molar-refractivity contribution >= 4 is 5.97 Å². The quantitative estimate of drug-likeness (QED) is 0.434. The molecular formula is C25H31NO6. The average molecular weight is 442 g/mol. The zero-order valence-electron chi connectivity index (χ0n) is 18.0. The second-order valence-electron chi connectivity index (χ2n) is 7.93. The van der Waals surface area contributed by atoms with E-state index in [9.17, 15) is 9.90 Å². The molecule has 1 aliphatic rings. The number of carboxylic acids is 1. The van der Waals surface area contributed by atoms with Gasteiger partial charge in [0.2, 0.25) is 0 Å². The number of hydrogen-bond donors (Lipinski definition) is 3. The minimum atomic E-state index is -1.13. The number of nitrogens with two attached hydrogens (primary N) is 1. The predicted octanol–water partition coefficient (Wildman–Crippen LogP) is 2.67. The fourth-order valence-corrected chi connectivity index (χ4v) is 3.53. The van der Waals surface area contributed by atoms with Crippen LogP contribution in [-0.4, -0.2) is 53.2 Å². The van der Waals surface area contributed by atoms with Crippen molar-refractivity contribution in [1.82, 2.24) is 0 Å². The van der Waals surface area contributed by atoms with Crippen LogP contribution in [0.25, 0.3) is 0 Å². The van der Waals surface area contributed by atoms with Crippen LogP contribution in [-0.2, 0) is 32.2 Å². The standard InChI is InChI=1S/C25H31NO6/c26-22(25(28)29)14-20(27)13-21-11-12-23(31-16-19-9-5-2-6-10-19)24(32-21)17-30-15-18-7-3-1-4-8-18/h1-12,20-24,27H,13-17,26H2,(H,28,29)/t20-,21+,22+,23+,24-/m1/s1. The molecule has 0 unspecified atom stereocenters. The van der Waals surface area contributed by atoms with Crippen molar-refractivity contribution in [3.05, 3.63) is 83.9 Å². The first-order chi connectivity index (χ1) is 15.5. The Morgan fingerprint density at radius 3 is 2.25 bits per heavy atom. The van der Waals surface area contributed by atoms with Gasteiger partial charge < -0.3 is 30.2 Å². The molecular weight excluding hydrogens is 410 g/mol. The first-order valence-corrected chi connectivity index (χ1v) is 10.8. The molecule has 2 aromatic rings. The number of carboxylic acid groups (broad SMARTS) is 1. The Balaban J connectivity index is 1.58. The number of hydrogen-bond acceptors (Lipinski definition) is 6. The first-order valence-electron chi connectivity index (χ1n) is 10.8. The highest BCUT2D eigenvalue weighted by Crippen LogP contribution is 2.22. The zero-order valence-corrected chi connectivity index (χ0v) is 18.0. The van der Waals surface area contributed by atoms with Crippen molar-refractivity contribution in [3.63, 3.8) is 0 Å². The molecule has 5 atom stereocenters. The lowest BCUT2D eigenvalue weighted by Gasteiger charge is -2.33. The van der Waals surface area contributed by atoms with Crippen LogP contribution in [0.5, 0.6) is 0 Å². The highest BCUT2D eigenvalue weighted by molar-refractivity contribution is 5.73. The summed E-state index contributed by atoms with van der Waals surface area (Å²) in [6.07, 6.45) is 2.05. The lowest BCUT2D eigenvalue weighted by atomic mass is 10.0. The number of rotatable bonds is 12. The van der Waals surface area contributed by atoms with Crippen molar-refractivity contribution in [2.24, 2.45) is 5.73 Å². The molecule has 0 bridgehead atoms. The number of aliphatic hydroxyl groups excluding tert-OH is 1. The van der Waals surface area contributed by atoms with Crippen LogP contribution in [0, 0.1) is 0 Å². The number of aliphatic carboxylic acids is 1. The van der Waals surface area contributed by atoms with E-state index in [4.69, 9.17) is 25.1 Å². The second-order valence-corrected chi connectivity index (χ2v) is 7.93. The SMILES string of the molecule is N[C@@H](C[C@H](O)C[C@@H]1C=C[C@H](OCc2ccccc2)[C@@H](COCc2ccccc2)O1)C(=O)O. The molecule has 0 spiro atoms. The van der Waals surface area contributed by atoms with Gasteiger partial charge in [0.25, 0.3) is 0 Å². The fraction of sp³-hybridized carbons (Fsp3) is 0.400. The van der Waals surface area contributed by atoms with E-state index in [1.54, 1.807) is 0 Å². The molecule has 0 aromatic heterocycles. The first kappa shape index (κ1) is 24.1. The third kappa shape index (κ3) is 7.85. The third-order valence-electron chi connectivity index (χ3n) is 5.26. The fourth-order valence-electron chi connectivity index (χ4n) is 3.53. The minimum absolute atomic E-state index is 0.0356. The largest absolute Gasteiger partial charge is 0.480 e. The van der Waals surface area contributed by atoms with Crippen LogP contribution in [0.1, 0.15) is 24.0 Å². The monoisotopic (exact) mass is 441 g/mol. The van der Waals surface area contributed by atoms with Gasteiger partial charge in [-0.25, -0.2) is 0 Å². The van der Waals surface area contributed by atoms with Crippen molar-refractivity contribution in [3.8, 4) is 0 Å². The van der Waals surface area contributed by atoms with E-state index >= 15 is 0 Å². The van der Waals surface area contributed by atoms with Crippen LogP contribution < -0.4 is 5.73 Å². The number of aliphatic hydroxyl groups is 1. The van der Waals surface area contributed by atoms with E-state index in [0.717, 1.165) is 11.1 Å². The molecule has 1 aliphatic heterocycles. The Hall–Kier alpha value is -2.55. The summed E-state index contributed by atoms with van der Waals surface area (Å²) in [5.41, 5.74) is 7.65. The molecule has 7 nitrogen and oxygen atoms in total. The van der Waals surface area contributed by atoms with Crippen molar-refractivity contribution in [2.45, 2.75) is 56.5 Å². The molecule has 4 N–H and O–H groups in total. The normalized spacial score (nSPS) is 22.4. The van der Waals surface area contributed by atoms with Gasteiger partial charge in [0, 0.05) is 6.42 Å². The Bertz CT molecular complexity index is 844. The number of benzene rings is 2. The van der Waals surface area contributed by atoms with E-state index in [1.807, 2.05) is 72.8 Å². The predicted molar refractivity (Wildman–Crippen MR) is 120 cm³/mol. The van der Waals surface area contributed by atoms with Gasteiger partial charge in [-0.05, 0) is 17.5 Å². The van der Waals surface area contributed by atoms with E-state index in [-0.39, 0.29) is 31.2 Å². The summed E-state index contributed by atoms with van der Waals surface area (Å²) in [6, 6.07) is 18.6. The summed E-state index contributed by atoms with van der Waals surface area (Å²) in [7, 11) is 0. The molecule has 0 amide bonds. The summed E-state index contributed by atoms with van der Waals surface area (Å²) < 4.78 is 18.1. The highest BCUT2D eigenvalue weighted by Gasteiger charge is 2.30. The molecule has 1 heterocycles. The molecule has 2 aromatic carbocycles. The second kappa shape index (κ2) is 12.5. The van der Waals surface area contributed by atoms with E-state index in [0.29, 0.717) is 19.8 Å². The van der Waals surface area contributed by atoms with Gasteiger partial charge in [0.15, 0.2) is 0 Å². The highest BCUT2D eigenvalue weighted by atomic mass is 16.6. The van der Waals surface area contributed by atoms with Crippen LogP contribution >= 0.6 is 0 Å². The van der Waals surface area contributed by atoms with Gasteiger partial charge >= 0.3 is 5.97 Å². The summed E-state index contributed by atoms with van der Waals surface area (Å²) in [5.74, 6) is -1.13. The lowest BCUT2D eigenvalue weighted by molar-refractivity contribution is -0.140. The summed E-state index contributed by atoms with van der Waals surface area (Å²) in [6.45, 7) is 1.21. The molecule has 0 saturated carbocycles. The maximum atomic E-state index is 10.9. The lowest BCUT2D eigenvalue weighted by Crippen LogP contribution is -2.42. The summed E-state index contributed by atoms with van der Waals surface area (Å²) >= 11 is 0. The Morgan fingerprint density at radius 1 is 1.00 bits per heavy atom. The van der Waals surface area contributed by atoms with E-state index in [2.05, 4.69) is 0 Å². The Labute approximate surface area is 188 Å². The van der Waals surface area contributed by atoms with Gasteiger partial charge in [0.05, 0.1) is 32.0 Å². The summed E-state index contributed by atoms with van der Waals surface area (Å²) in [4.78, 5) is 10.9. The van der Waals surface area contributed by atoms with Crippen molar-refractivity contribution in [1.29, 1.82) is 0 Å². The minimum Gasteiger partial charge on any atom is -0.480 e. The maximum Gasteiger partial charge on any atom is 0.320 e. The van der Waals surface area contributed by atoms with Crippen molar-refractivity contribution in [2.75, 3.05) is 6.61 Å². The van der Waals surface area contributed by atoms with Gasteiger partial charge in [-0.3, -0.25) is 4.79 Å². The molecule has 3 rings (SSSR count). The molecule has 7 heteroatoms. The van der Waals surface area contributed by atoms with Crippen LogP contribution in [0.3, 0.4) is 0 Å². The Morgan fingerprint density at radius 2 is 1.62 bits per heavy atom. The van der Waals surface area contributed by atoms with E-state index in [1.165, 1.54) is 0 Å². The topological polar surface area (TPSA) is 111 Å². The third-order valence-corrected chi connectivity index (χ3v) is 5.26. The molecule has 0 fully saturated rings. The molecule has 0 radical (unpaired) electrons. The van der Waals surface area contributed by atoms with E-state index < -0.39 is 18.1 Å². The number of ether oxygens (including phenoxy) is 3. The van der Waals surface area contributed by atoms with Gasteiger partial charge in [-0.15, -0.1) is 0 Å². The molecule has 172 valence electrons. The zero-order chi connectivity index (χ0) is 22.8. The number of carbonyl (C=O) groups is 1. The van der Waals surface area contributed by atoms with Crippen LogP contribution in [0.2, 0.25) is 0 Å². The smallest absolute Gasteiger partial charge is 0.320 e. The average Bonchev–Trinajstić information content (AvgIpc) is 2.80.